The molecule has 2 N–H and O–H groups in total. The summed E-state index contributed by atoms with van der Waals surface area (Å²) in [6, 6.07) is 6.84. The molecule has 1 amide bonds. The summed E-state index contributed by atoms with van der Waals surface area (Å²) >= 11 is 0. The number of nitrogens with one attached hydrogen (secondary N) is 1. The molecule has 3 aromatic rings. The number of hydrogen-bond acceptors (Lipinski definition) is 10. The van der Waals surface area contributed by atoms with E-state index >= 15 is 0 Å². The summed E-state index contributed by atoms with van der Waals surface area (Å²) in [5, 5.41) is 12.8. The van der Waals surface area contributed by atoms with Gasteiger partial charge in [-0.05, 0) is 59.3 Å². The monoisotopic (exact) mass is 685 g/mol. The fraction of sp³-hybridized carbons (Fsp3) is 0.636. The van der Waals surface area contributed by atoms with Crippen LogP contribution in [0.1, 0.15) is 84.8 Å². The highest BCUT2D eigenvalue weighted by atomic mass is 28.5. The van der Waals surface area contributed by atoms with E-state index in [1.165, 1.54) is 6.33 Å². The number of methoxy groups -OCH3 is 1. The molecule has 4 atom stereocenters. The normalized spacial score (nSPS) is 24.1. The van der Waals surface area contributed by atoms with Crippen LogP contribution < -0.4 is 10.1 Å². The van der Waals surface area contributed by atoms with Gasteiger partial charge in [0.15, 0.2) is 17.0 Å². The molecule has 0 spiro atoms. The molecule has 12 nitrogen and oxygen atoms in total. The molecule has 2 fully saturated rings. The van der Waals surface area contributed by atoms with Crippen molar-refractivity contribution >= 4 is 40.0 Å². The van der Waals surface area contributed by atoms with E-state index in [4.69, 9.17) is 22.4 Å². The summed E-state index contributed by atoms with van der Waals surface area (Å²) < 4.78 is 35.8. The molecule has 258 valence electrons. The number of rotatable bonds is 11. The van der Waals surface area contributed by atoms with Gasteiger partial charge in [-0.2, -0.15) is 0 Å². The highest BCUT2D eigenvalue weighted by Gasteiger charge is 2.61. The molecule has 4 heterocycles. The molecule has 0 saturated carbocycles. The molecule has 2 aliphatic rings. The fourth-order valence-corrected chi connectivity index (χ4v) is 18.4. The third-order valence-corrected chi connectivity index (χ3v) is 20.0. The maximum Gasteiger partial charge on any atom is 0.335 e. The Labute approximate surface area is 280 Å². The van der Waals surface area contributed by atoms with Crippen LogP contribution in [0.4, 0.5) is 5.82 Å². The van der Waals surface area contributed by atoms with Crippen molar-refractivity contribution in [3.63, 3.8) is 0 Å². The van der Waals surface area contributed by atoms with Crippen molar-refractivity contribution in [2.24, 2.45) is 5.92 Å². The second kappa shape index (κ2) is 14.4. The summed E-state index contributed by atoms with van der Waals surface area (Å²) in [6.45, 7) is 18.1. The number of imidazole rings is 1. The standard InChI is InChI=1S/C33H51N5O7Si2/c1-20(2)46(21(3)4)42-17-27-29(44-47(45-46,22(5)6)23(7)8)26(11-10-16-39)33(43-27)38-19-36-28-30(34-18-35-31(28)38)37-32(40)24-12-14-25(41-9)15-13-24/h12-15,18-23,26-27,29,33,39H,10-11,16-17H2,1-9H3,(H,34,35,37,40)/t26-,27+,29-,33+/m0/s1. The van der Waals surface area contributed by atoms with Gasteiger partial charge in [0.25, 0.3) is 5.91 Å². The van der Waals surface area contributed by atoms with Crippen molar-refractivity contribution in [1.82, 2.24) is 19.5 Å². The van der Waals surface area contributed by atoms with E-state index in [0.29, 0.717) is 47.7 Å². The lowest BCUT2D eigenvalue weighted by atomic mass is 9.94. The molecule has 0 bridgehead atoms. The Balaban J connectivity index is 1.53. The first-order chi connectivity index (χ1) is 22.4. The topological polar surface area (TPSA) is 139 Å². The third-order valence-electron chi connectivity index (χ3n) is 9.71. The Hall–Kier alpha value is -2.73. The number of amides is 1. The molecule has 1 aromatic carbocycles. The van der Waals surface area contributed by atoms with Crippen LogP contribution in [0.25, 0.3) is 11.2 Å². The molecule has 0 radical (unpaired) electrons. The number of ether oxygens (including phenoxy) is 2. The van der Waals surface area contributed by atoms with Gasteiger partial charge in [0.2, 0.25) is 0 Å². The minimum atomic E-state index is -2.89. The molecule has 47 heavy (non-hydrogen) atoms. The van der Waals surface area contributed by atoms with Crippen molar-refractivity contribution < 1.29 is 32.3 Å². The van der Waals surface area contributed by atoms with Crippen molar-refractivity contribution in [2.75, 3.05) is 25.6 Å². The number of carbonyl (C=O) groups is 1. The maximum atomic E-state index is 13.1. The molecule has 2 saturated heterocycles. The van der Waals surface area contributed by atoms with Crippen LogP contribution in [0.5, 0.6) is 5.75 Å². The summed E-state index contributed by atoms with van der Waals surface area (Å²) in [7, 11) is -4.06. The summed E-state index contributed by atoms with van der Waals surface area (Å²) in [5.41, 5.74) is 2.21. The zero-order valence-electron chi connectivity index (χ0n) is 29.1. The van der Waals surface area contributed by atoms with Crippen LogP contribution in [0, 0.1) is 5.92 Å². The SMILES string of the molecule is COc1ccc(C(=O)Nc2ncnc3c2ncn3[C@@H]2O[C@@H]3CO[Si](C(C)C)(C(C)C)O[Si](C(C)C)(C(C)C)O[C@H]3[C@@H]2CCCO)cc1. The Morgan fingerprint density at radius 3 is 2.26 bits per heavy atom. The van der Waals surface area contributed by atoms with E-state index in [9.17, 15) is 9.90 Å². The van der Waals surface area contributed by atoms with Gasteiger partial charge in [-0.1, -0.05) is 55.4 Å². The number of benzene rings is 1. The second-order valence-electron chi connectivity index (χ2n) is 13.9. The Morgan fingerprint density at radius 2 is 1.66 bits per heavy atom. The molecule has 2 aromatic heterocycles. The molecule has 0 unspecified atom stereocenters. The number of aliphatic hydroxyl groups excluding tert-OH is 1. The smallest absolute Gasteiger partial charge is 0.335 e. The first kappa shape index (κ1) is 35.6. The van der Waals surface area contributed by atoms with Crippen LogP contribution in [-0.2, 0) is 17.7 Å². The Kier molecular flexibility index (Phi) is 10.9. The predicted molar refractivity (Wildman–Crippen MR) is 184 cm³/mol. The lowest BCUT2D eigenvalue weighted by molar-refractivity contribution is -0.0551. The Bertz CT molecular complexity index is 1500. The number of hydrogen-bond donors (Lipinski definition) is 2. The zero-order chi connectivity index (χ0) is 34.1. The van der Waals surface area contributed by atoms with Crippen LogP contribution in [0.3, 0.4) is 0 Å². The van der Waals surface area contributed by atoms with Crippen LogP contribution >= 0.6 is 0 Å². The third kappa shape index (κ3) is 6.65. The molecule has 2 aliphatic heterocycles. The van der Waals surface area contributed by atoms with E-state index in [0.717, 1.165) is 0 Å². The van der Waals surface area contributed by atoms with E-state index < -0.39 is 23.3 Å². The van der Waals surface area contributed by atoms with E-state index in [1.54, 1.807) is 37.7 Å². The van der Waals surface area contributed by atoms with Gasteiger partial charge >= 0.3 is 17.1 Å². The minimum absolute atomic E-state index is 0.0512. The fourth-order valence-electron chi connectivity index (χ4n) is 7.19. The predicted octanol–water partition coefficient (Wildman–Crippen LogP) is 6.33. The number of fused-ring (bicyclic) bond motifs is 2. The first-order valence-electron chi connectivity index (χ1n) is 16.8. The van der Waals surface area contributed by atoms with Gasteiger partial charge in [0.1, 0.15) is 24.4 Å². The van der Waals surface area contributed by atoms with Gasteiger partial charge in [-0.3, -0.25) is 9.36 Å². The van der Waals surface area contributed by atoms with Gasteiger partial charge < -0.3 is 32.9 Å². The van der Waals surface area contributed by atoms with E-state index in [1.807, 2.05) is 4.57 Å². The van der Waals surface area contributed by atoms with E-state index in [-0.39, 0.29) is 52.8 Å². The Morgan fingerprint density at radius 1 is 1.00 bits per heavy atom. The number of nitrogens with zero attached hydrogens (tertiary/aromatic N) is 4. The van der Waals surface area contributed by atoms with Crippen LogP contribution in [-0.4, -0.2) is 80.2 Å². The van der Waals surface area contributed by atoms with Gasteiger partial charge in [0.05, 0.1) is 26.1 Å². The number of carbonyl (C=O) groups excluding carboxylic acids is 1. The largest absolute Gasteiger partial charge is 0.497 e. The summed E-state index contributed by atoms with van der Waals surface area (Å²) in [5.74, 6) is 0.499. The molecular weight excluding hydrogens is 635 g/mol. The molecular formula is C33H51N5O7Si2. The highest BCUT2D eigenvalue weighted by Crippen LogP contribution is 2.50. The van der Waals surface area contributed by atoms with Crippen molar-refractivity contribution in [1.29, 1.82) is 0 Å². The second-order valence-corrected chi connectivity index (χ2v) is 22.7. The van der Waals surface area contributed by atoms with E-state index in [2.05, 4.69) is 75.7 Å². The van der Waals surface area contributed by atoms with Crippen molar-refractivity contribution in [3.8, 4) is 5.75 Å². The molecule has 0 aliphatic carbocycles. The van der Waals surface area contributed by atoms with Crippen molar-refractivity contribution in [2.45, 2.75) is 109 Å². The maximum absolute atomic E-state index is 13.1. The molecule has 5 rings (SSSR count). The summed E-state index contributed by atoms with van der Waals surface area (Å²) in [4.78, 5) is 26.7. The van der Waals surface area contributed by atoms with Gasteiger partial charge in [-0.15, -0.1) is 0 Å². The van der Waals surface area contributed by atoms with Gasteiger partial charge in [-0.25, -0.2) is 15.0 Å². The average Bonchev–Trinajstić information content (AvgIpc) is 3.60. The number of aliphatic hydroxyl groups is 1. The highest BCUT2D eigenvalue weighted by molar-refractivity contribution is 6.84. The number of anilines is 1. The molecule has 14 heteroatoms. The lowest BCUT2D eigenvalue weighted by Gasteiger charge is -2.51. The minimum Gasteiger partial charge on any atom is -0.497 e. The summed E-state index contributed by atoms with van der Waals surface area (Å²) in [6.07, 6.45) is 3.18. The van der Waals surface area contributed by atoms with Crippen LogP contribution in [0.15, 0.2) is 36.9 Å². The van der Waals surface area contributed by atoms with Crippen LogP contribution in [0.2, 0.25) is 22.2 Å². The average molecular weight is 686 g/mol. The van der Waals surface area contributed by atoms with Crippen molar-refractivity contribution in [3.05, 3.63) is 42.5 Å². The number of aromatic nitrogens is 4. The lowest BCUT2D eigenvalue weighted by Crippen LogP contribution is -2.65. The first-order valence-corrected chi connectivity index (χ1v) is 20.7. The zero-order valence-corrected chi connectivity index (χ0v) is 31.1. The van der Waals surface area contributed by atoms with Gasteiger partial charge in [0, 0.05) is 18.1 Å². The quantitative estimate of drug-likeness (QED) is 0.220.